The Bertz CT molecular complexity index is 533. The molecule has 0 saturated carbocycles. The van der Waals surface area contributed by atoms with Crippen LogP contribution in [0.5, 0.6) is 11.5 Å². The maximum absolute atomic E-state index is 5.50. The fraction of sp³-hybridized carbons (Fsp3) is 0.222. The highest BCUT2D eigenvalue weighted by molar-refractivity contribution is 5.27. The van der Waals surface area contributed by atoms with Gasteiger partial charge < -0.3 is 9.47 Å². The van der Waals surface area contributed by atoms with Gasteiger partial charge in [0.25, 0.3) is 0 Å². The van der Waals surface area contributed by atoms with E-state index in [0.29, 0.717) is 13.2 Å². The number of ether oxygens (including phenoxy) is 2. The molecule has 2 heteroatoms. The minimum absolute atomic E-state index is 0.375. The molecule has 0 aliphatic carbocycles. The predicted molar refractivity (Wildman–Crippen MR) is 81.1 cm³/mol. The molecule has 2 nitrogen and oxygen atoms in total. The zero-order valence-corrected chi connectivity index (χ0v) is 11.8. The van der Waals surface area contributed by atoms with E-state index >= 15 is 0 Å². The maximum Gasteiger partial charge on any atom is 0.149 e. The topological polar surface area (TPSA) is 18.5 Å². The minimum Gasteiger partial charge on any atom is -0.481 e. The van der Waals surface area contributed by atoms with E-state index in [1.54, 1.807) is 0 Å². The zero-order valence-electron chi connectivity index (χ0n) is 11.8. The number of benzene rings is 2. The molecule has 0 saturated heterocycles. The molecule has 0 aliphatic rings. The van der Waals surface area contributed by atoms with Crippen molar-refractivity contribution in [2.24, 2.45) is 0 Å². The van der Waals surface area contributed by atoms with Crippen molar-refractivity contribution in [2.45, 2.75) is 13.8 Å². The minimum atomic E-state index is 0.375. The van der Waals surface area contributed by atoms with Crippen LogP contribution in [0.15, 0.2) is 48.5 Å². The van der Waals surface area contributed by atoms with Crippen LogP contribution in [0.1, 0.15) is 11.1 Å². The zero-order chi connectivity index (χ0) is 14.2. The van der Waals surface area contributed by atoms with Gasteiger partial charge in [-0.3, -0.25) is 0 Å². The lowest BCUT2D eigenvalue weighted by Gasteiger charge is -2.02. The molecule has 2 aromatic rings. The fourth-order valence-electron chi connectivity index (χ4n) is 1.61. The smallest absolute Gasteiger partial charge is 0.149 e. The molecule has 0 aromatic heterocycles. The Morgan fingerprint density at radius 1 is 0.650 bits per heavy atom. The van der Waals surface area contributed by atoms with E-state index in [4.69, 9.17) is 9.47 Å². The first-order valence-electron chi connectivity index (χ1n) is 6.59. The summed E-state index contributed by atoms with van der Waals surface area (Å²) in [4.78, 5) is 0. The Labute approximate surface area is 120 Å². The molecule has 0 N–H and O–H groups in total. The van der Waals surface area contributed by atoms with Gasteiger partial charge in [0.1, 0.15) is 24.7 Å². The second-order valence-electron chi connectivity index (χ2n) is 4.56. The second-order valence-corrected chi connectivity index (χ2v) is 4.56. The van der Waals surface area contributed by atoms with Crippen LogP contribution >= 0.6 is 0 Å². The lowest BCUT2D eigenvalue weighted by Crippen LogP contribution is -1.97. The van der Waals surface area contributed by atoms with E-state index in [1.165, 1.54) is 11.1 Å². The third kappa shape index (κ3) is 4.70. The molecule has 0 atom stereocenters. The van der Waals surface area contributed by atoms with E-state index in [1.807, 2.05) is 62.4 Å². The van der Waals surface area contributed by atoms with Crippen molar-refractivity contribution in [3.05, 3.63) is 59.7 Å². The molecule has 102 valence electrons. The van der Waals surface area contributed by atoms with Crippen LogP contribution < -0.4 is 9.47 Å². The van der Waals surface area contributed by atoms with Crippen molar-refractivity contribution in [1.29, 1.82) is 0 Å². The number of aryl methyl sites for hydroxylation is 2. The quantitative estimate of drug-likeness (QED) is 0.784. The number of hydrogen-bond acceptors (Lipinski definition) is 2. The van der Waals surface area contributed by atoms with Gasteiger partial charge in [-0.25, -0.2) is 0 Å². The number of hydrogen-bond donors (Lipinski definition) is 0. The largest absolute Gasteiger partial charge is 0.481 e. The third-order valence-corrected chi connectivity index (χ3v) is 2.79. The lowest BCUT2D eigenvalue weighted by molar-refractivity contribution is 0.362. The van der Waals surface area contributed by atoms with Crippen LogP contribution in [0.25, 0.3) is 0 Å². The van der Waals surface area contributed by atoms with Crippen molar-refractivity contribution in [3.8, 4) is 23.3 Å². The highest BCUT2D eigenvalue weighted by Gasteiger charge is 1.91. The molecular formula is C18H18O2. The monoisotopic (exact) mass is 266 g/mol. The van der Waals surface area contributed by atoms with Crippen molar-refractivity contribution in [2.75, 3.05) is 13.2 Å². The van der Waals surface area contributed by atoms with Crippen LogP contribution in [0.4, 0.5) is 0 Å². The lowest BCUT2D eigenvalue weighted by atomic mass is 10.2. The Morgan fingerprint density at radius 2 is 1.00 bits per heavy atom. The first-order valence-corrected chi connectivity index (χ1v) is 6.59. The molecule has 0 fully saturated rings. The van der Waals surface area contributed by atoms with Gasteiger partial charge in [-0.2, -0.15) is 0 Å². The van der Waals surface area contributed by atoms with Crippen LogP contribution in [0, 0.1) is 25.7 Å². The fourth-order valence-corrected chi connectivity index (χ4v) is 1.61. The molecule has 0 amide bonds. The van der Waals surface area contributed by atoms with Gasteiger partial charge in [0, 0.05) is 0 Å². The average molecular weight is 266 g/mol. The van der Waals surface area contributed by atoms with Gasteiger partial charge in [-0.05, 0) is 38.1 Å². The van der Waals surface area contributed by atoms with Crippen molar-refractivity contribution < 1.29 is 9.47 Å². The van der Waals surface area contributed by atoms with Gasteiger partial charge in [0.2, 0.25) is 0 Å². The summed E-state index contributed by atoms with van der Waals surface area (Å²) in [5.41, 5.74) is 2.44. The summed E-state index contributed by atoms with van der Waals surface area (Å²) in [6, 6.07) is 15.8. The van der Waals surface area contributed by atoms with Gasteiger partial charge in [0.15, 0.2) is 0 Å². The Kier molecular flexibility index (Phi) is 5.08. The SMILES string of the molecule is Cc1ccc(OCC#CCOc2ccc(C)cc2)cc1. The Balaban J connectivity index is 1.70. The summed E-state index contributed by atoms with van der Waals surface area (Å²) in [5.74, 6) is 7.54. The van der Waals surface area contributed by atoms with Gasteiger partial charge in [-0.1, -0.05) is 47.2 Å². The summed E-state index contributed by atoms with van der Waals surface area (Å²) in [6.07, 6.45) is 0. The Hall–Kier alpha value is -2.40. The summed E-state index contributed by atoms with van der Waals surface area (Å²) in [7, 11) is 0. The first kappa shape index (κ1) is 14.0. The molecule has 0 heterocycles. The van der Waals surface area contributed by atoms with Crippen LogP contribution in [-0.4, -0.2) is 13.2 Å². The maximum atomic E-state index is 5.50. The van der Waals surface area contributed by atoms with Crippen LogP contribution in [-0.2, 0) is 0 Å². The molecule has 20 heavy (non-hydrogen) atoms. The molecule has 0 bridgehead atoms. The molecule has 0 radical (unpaired) electrons. The van der Waals surface area contributed by atoms with Gasteiger partial charge in [-0.15, -0.1) is 0 Å². The molecular weight excluding hydrogens is 248 g/mol. The van der Waals surface area contributed by atoms with Gasteiger partial charge in [0.05, 0.1) is 0 Å². The van der Waals surface area contributed by atoms with Gasteiger partial charge >= 0.3 is 0 Å². The molecule has 0 spiro atoms. The normalized spacial score (nSPS) is 9.50. The highest BCUT2D eigenvalue weighted by Crippen LogP contribution is 2.11. The van der Waals surface area contributed by atoms with Crippen molar-refractivity contribution in [3.63, 3.8) is 0 Å². The molecule has 2 rings (SSSR count). The molecule has 0 unspecified atom stereocenters. The Morgan fingerprint density at radius 3 is 1.35 bits per heavy atom. The van der Waals surface area contributed by atoms with Crippen LogP contribution in [0.2, 0.25) is 0 Å². The summed E-state index contributed by atoms with van der Waals surface area (Å²) in [5, 5.41) is 0. The highest BCUT2D eigenvalue weighted by atomic mass is 16.5. The van der Waals surface area contributed by atoms with E-state index < -0.39 is 0 Å². The average Bonchev–Trinajstić information content (AvgIpc) is 2.46. The van der Waals surface area contributed by atoms with E-state index in [2.05, 4.69) is 11.8 Å². The summed E-state index contributed by atoms with van der Waals surface area (Å²) in [6.45, 7) is 4.85. The number of rotatable bonds is 4. The van der Waals surface area contributed by atoms with E-state index in [0.717, 1.165) is 11.5 Å². The first-order chi connectivity index (χ1) is 9.74. The standard InChI is InChI=1S/C18H18O2/c1-15-5-9-17(10-6-15)19-13-3-4-14-20-18-11-7-16(2)8-12-18/h5-12H,13-14H2,1-2H3. The van der Waals surface area contributed by atoms with E-state index in [-0.39, 0.29) is 0 Å². The second kappa shape index (κ2) is 7.25. The van der Waals surface area contributed by atoms with E-state index in [9.17, 15) is 0 Å². The summed E-state index contributed by atoms with van der Waals surface area (Å²) >= 11 is 0. The van der Waals surface area contributed by atoms with Crippen LogP contribution in [0.3, 0.4) is 0 Å². The molecule has 0 aliphatic heterocycles. The van der Waals surface area contributed by atoms with Crippen molar-refractivity contribution in [1.82, 2.24) is 0 Å². The molecule has 2 aromatic carbocycles. The summed E-state index contributed by atoms with van der Waals surface area (Å²) < 4.78 is 11.0. The third-order valence-electron chi connectivity index (χ3n) is 2.79. The van der Waals surface area contributed by atoms with Crippen molar-refractivity contribution >= 4 is 0 Å². The predicted octanol–water partition coefficient (Wildman–Crippen LogP) is 3.76.